The van der Waals surface area contributed by atoms with Crippen molar-refractivity contribution >= 4 is 23.4 Å². The SMILES string of the molecule is CCc1ccc(N(C)Sc2ccc3c(c2)C(=O)CC(C2CCOCC2)O3)c(C)c1. The molecule has 5 heteroatoms. The molecule has 2 aliphatic heterocycles. The fourth-order valence-electron chi connectivity index (χ4n) is 4.23. The van der Waals surface area contributed by atoms with Gasteiger partial charge in [0.05, 0.1) is 5.56 Å². The normalized spacial score (nSPS) is 19.6. The van der Waals surface area contributed by atoms with E-state index in [1.165, 1.54) is 16.8 Å². The number of carbonyl (C=O) groups is 1. The lowest BCUT2D eigenvalue weighted by molar-refractivity contribution is 0.0119. The molecule has 1 atom stereocenters. The molecule has 0 aliphatic carbocycles. The number of benzene rings is 2. The highest BCUT2D eigenvalue weighted by Gasteiger charge is 2.33. The molecule has 29 heavy (non-hydrogen) atoms. The number of fused-ring (bicyclic) bond motifs is 1. The predicted molar refractivity (Wildman–Crippen MR) is 118 cm³/mol. The van der Waals surface area contributed by atoms with Crippen molar-refractivity contribution in [2.45, 2.75) is 50.5 Å². The second kappa shape index (κ2) is 8.80. The van der Waals surface area contributed by atoms with Gasteiger partial charge in [-0.25, -0.2) is 0 Å². The summed E-state index contributed by atoms with van der Waals surface area (Å²) in [5, 5.41) is 0. The molecule has 2 heterocycles. The standard InChI is InChI=1S/C24H29NO3S/c1-4-17-5-7-21(16(2)13-17)25(3)29-19-6-8-23-20(14-19)22(26)15-24(28-23)18-9-11-27-12-10-18/h5-8,13-14,18,24H,4,9-12,15H2,1-3H3. The molecule has 0 aromatic heterocycles. The van der Waals surface area contributed by atoms with Crippen LogP contribution in [0.2, 0.25) is 0 Å². The topological polar surface area (TPSA) is 38.8 Å². The number of nitrogens with zero attached hydrogens (tertiary/aromatic N) is 1. The van der Waals surface area contributed by atoms with E-state index in [4.69, 9.17) is 9.47 Å². The Balaban J connectivity index is 1.48. The van der Waals surface area contributed by atoms with Crippen molar-refractivity contribution in [2.75, 3.05) is 24.6 Å². The van der Waals surface area contributed by atoms with Gasteiger partial charge < -0.3 is 13.8 Å². The summed E-state index contributed by atoms with van der Waals surface area (Å²) in [5.41, 5.74) is 4.51. The van der Waals surface area contributed by atoms with Crippen molar-refractivity contribution in [2.24, 2.45) is 5.92 Å². The average Bonchev–Trinajstić information content (AvgIpc) is 2.74. The zero-order valence-electron chi connectivity index (χ0n) is 17.4. The van der Waals surface area contributed by atoms with Crippen LogP contribution >= 0.6 is 11.9 Å². The van der Waals surface area contributed by atoms with Crippen LogP contribution in [0.4, 0.5) is 5.69 Å². The maximum absolute atomic E-state index is 12.8. The first kappa shape index (κ1) is 20.3. The van der Waals surface area contributed by atoms with Crippen molar-refractivity contribution < 1.29 is 14.3 Å². The Morgan fingerprint density at radius 2 is 1.93 bits per heavy atom. The average molecular weight is 412 g/mol. The molecular formula is C24H29NO3S. The van der Waals surface area contributed by atoms with E-state index >= 15 is 0 Å². The first-order chi connectivity index (χ1) is 14.0. The molecule has 0 bridgehead atoms. The summed E-state index contributed by atoms with van der Waals surface area (Å²) >= 11 is 1.64. The van der Waals surface area contributed by atoms with Crippen LogP contribution in [-0.4, -0.2) is 32.1 Å². The number of anilines is 1. The lowest BCUT2D eigenvalue weighted by atomic mass is 9.87. The fourth-order valence-corrected chi connectivity index (χ4v) is 5.15. The molecule has 0 N–H and O–H groups in total. The zero-order valence-corrected chi connectivity index (χ0v) is 18.3. The molecule has 2 aliphatic rings. The van der Waals surface area contributed by atoms with Gasteiger partial charge in [-0.1, -0.05) is 19.1 Å². The first-order valence-electron chi connectivity index (χ1n) is 10.5. The Bertz CT molecular complexity index is 892. The third-order valence-electron chi connectivity index (χ3n) is 5.96. The van der Waals surface area contributed by atoms with E-state index < -0.39 is 0 Å². The Kier molecular flexibility index (Phi) is 6.16. The third-order valence-corrected chi connectivity index (χ3v) is 6.89. The number of rotatable bonds is 5. The van der Waals surface area contributed by atoms with Gasteiger partial charge >= 0.3 is 0 Å². The van der Waals surface area contributed by atoms with E-state index in [9.17, 15) is 4.79 Å². The number of hydrogen-bond donors (Lipinski definition) is 0. The van der Waals surface area contributed by atoms with Gasteiger partial charge in [0.1, 0.15) is 11.9 Å². The Morgan fingerprint density at radius 3 is 2.66 bits per heavy atom. The van der Waals surface area contributed by atoms with Crippen molar-refractivity contribution in [1.82, 2.24) is 0 Å². The number of hydrogen-bond acceptors (Lipinski definition) is 5. The number of carbonyl (C=O) groups excluding carboxylic acids is 1. The highest BCUT2D eigenvalue weighted by atomic mass is 32.2. The fraction of sp³-hybridized carbons (Fsp3) is 0.458. The zero-order chi connectivity index (χ0) is 20.4. The van der Waals surface area contributed by atoms with Crippen LogP contribution < -0.4 is 9.04 Å². The van der Waals surface area contributed by atoms with E-state index in [0.29, 0.717) is 17.9 Å². The van der Waals surface area contributed by atoms with Gasteiger partial charge in [0.15, 0.2) is 5.78 Å². The van der Waals surface area contributed by atoms with Crippen LogP contribution in [0.3, 0.4) is 0 Å². The second-order valence-corrected chi connectivity index (χ2v) is 9.16. The van der Waals surface area contributed by atoms with Crippen molar-refractivity contribution in [3.8, 4) is 5.75 Å². The van der Waals surface area contributed by atoms with E-state index in [2.05, 4.69) is 49.5 Å². The van der Waals surface area contributed by atoms with E-state index in [0.717, 1.165) is 43.1 Å². The summed E-state index contributed by atoms with van der Waals surface area (Å²) in [6.45, 7) is 5.86. The maximum atomic E-state index is 12.8. The van der Waals surface area contributed by atoms with Crippen molar-refractivity contribution in [1.29, 1.82) is 0 Å². The van der Waals surface area contributed by atoms with Gasteiger partial charge in [0.25, 0.3) is 0 Å². The Morgan fingerprint density at radius 1 is 1.14 bits per heavy atom. The molecule has 2 aromatic carbocycles. The lowest BCUT2D eigenvalue weighted by Crippen LogP contribution is -2.36. The van der Waals surface area contributed by atoms with E-state index in [1.54, 1.807) is 11.9 Å². The third kappa shape index (κ3) is 4.46. The number of Topliss-reactive ketones (excluding diaryl/α,β-unsaturated/α-hetero) is 1. The maximum Gasteiger partial charge on any atom is 0.170 e. The van der Waals surface area contributed by atoms with Crippen molar-refractivity contribution in [3.05, 3.63) is 53.1 Å². The van der Waals surface area contributed by atoms with Gasteiger partial charge in [-0.3, -0.25) is 4.79 Å². The molecule has 1 saturated heterocycles. The van der Waals surface area contributed by atoms with Gasteiger partial charge in [-0.2, -0.15) is 0 Å². The molecule has 1 fully saturated rings. The molecular weight excluding hydrogens is 382 g/mol. The van der Waals surface area contributed by atoms with Crippen LogP contribution in [-0.2, 0) is 11.2 Å². The molecule has 2 aromatic rings. The van der Waals surface area contributed by atoms with E-state index in [1.807, 2.05) is 12.1 Å². The predicted octanol–water partition coefficient (Wildman–Crippen LogP) is 5.46. The molecule has 0 amide bonds. The Labute approximate surface area is 177 Å². The summed E-state index contributed by atoms with van der Waals surface area (Å²) in [5.74, 6) is 1.33. The summed E-state index contributed by atoms with van der Waals surface area (Å²) in [6, 6.07) is 12.6. The quantitative estimate of drug-likeness (QED) is 0.611. The minimum Gasteiger partial charge on any atom is -0.489 e. The van der Waals surface area contributed by atoms with Gasteiger partial charge in [-0.15, -0.1) is 0 Å². The lowest BCUT2D eigenvalue weighted by Gasteiger charge is -2.33. The summed E-state index contributed by atoms with van der Waals surface area (Å²) in [7, 11) is 2.07. The molecule has 1 unspecified atom stereocenters. The molecule has 154 valence electrons. The van der Waals surface area contributed by atoms with Crippen LogP contribution in [0, 0.1) is 12.8 Å². The minimum absolute atomic E-state index is 0.0141. The van der Waals surface area contributed by atoms with E-state index in [-0.39, 0.29) is 11.9 Å². The van der Waals surface area contributed by atoms with Crippen LogP contribution in [0.15, 0.2) is 41.3 Å². The number of ketones is 1. The number of aryl methyl sites for hydroxylation is 2. The molecule has 0 spiro atoms. The minimum atomic E-state index is -0.0141. The molecule has 4 nitrogen and oxygen atoms in total. The van der Waals surface area contributed by atoms with Gasteiger partial charge in [0, 0.05) is 43.2 Å². The van der Waals surface area contributed by atoms with Crippen molar-refractivity contribution in [3.63, 3.8) is 0 Å². The smallest absolute Gasteiger partial charge is 0.170 e. The first-order valence-corrected chi connectivity index (χ1v) is 11.3. The summed E-state index contributed by atoms with van der Waals surface area (Å²) in [6.07, 6.45) is 3.45. The van der Waals surface area contributed by atoms with Gasteiger partial charge in [-0.05, 0) is 73.5 Å². The summed E-state index contributed by atoms with van der Waals surface area (Å²) in [4.78, 5) is 13.9. The molecule has 0 saturated carbocycles. The van der Waals surface area contributed by atoms with Crippen LogP contribution in [0.25, 0.3) is 0 Å². The Hall–Kier alpha value is -1.98. The number of ether oxygens (including phenoxy) is 2. The molecule has 4 rings (SSSR count). The highest BCUT2D eigenvalue weighted by molar-refractivity contribution is 8.00. The molecule has 0 radical (unpaired) electrons. The van der Waals surface area contributed by atoms with Crippen LogP contribution in [0.5, 0.6) is 5.75 Å². The monoisotopic (exact) mass is 411 g/mol. The summed E-state index contributed by atoms with van der Waals surface area (Å²) < 4.78 is 13.8. The largest absolute Gasteiger partial charge is 0.489 e. The van der Waals surface area contributed by atoms with Gasteiger partial charge in [0.2, 0.25) is 0 Å². The highest BCUT2D eigenvalue weighted by Crippen LogP contribution is 2.37. The van der Waals surface area contributed by atoms with Crippen LogP contribution in [0.1, 0.15) is 47.7 Å². The second-order valence-electron chi connectivity index (χ2n) is 7.95.